The molecule has 0 bridgehead atoms. The molecule has 0 aliphatic carbocycles. The number of carbonyl (C=O) groups is 1. The fourth-order valence-corrected chi connectivity index (χ4v) is 2.88. The highest BCUT2D eigenvalue weighted by Crippen LogP contribution is 2.18. The van der Waals surface area contributed by atoms with Crippen LogP contribution in [0.4, 0.5) is 5.69 Å². The second kappa shape index (κ2) is 9.80. The summed E-state index contributed by atoms with van der Waals surface area (Å²) in [7, 11) is 0. The standard InChI is InChI=1S/C24H21N3O2/c25-16-21(20-9-11-26-12-10-20)15-22(17-28)24(29)27-23-8-4-7-19(14-23)13-18-5-2-1-3-6-18/h1-12,14-17,25,28H,13H2,(H,27,29). The van der Waals surface area contributed by atoms with E-state index in [1.807, 2.05) is 36.4 Å². The fourth-order valence-electron chi connectivity index (χ4n) is 2.88. The Kier molecular flexibility index (Phi) is 6.68. The summed E-state index contributed by atoms with van der Waals surface area (Å²) < 4.78 is 0. The molecule has 0 aliphatic heterocycles. The number of hydrogen-bond acceptors (Lipinski definition) is 4. The number of nitrogens with zero attached hydrogens (tertiary/aromatic N) is 1. The summed E-state index contributed by atoms with van der Waals surface area (Å²) in [5.74, 6) is -0.460. The molecule has 0 fully saturated rings. The predicted octanol–water partition coefficient (Wildman–Crippen LogP) is 4.79. The van der Waals surface area contributed by atoms with Gasteiger partial charge in [-0.15, -0.1) is 0 Å². The molecule has 3 rings (SSSR count). The van der Waals surface area contributed by atoms with E-state index in [0.29, 0.717) is 11.3 Å². The summed E-state index contributed by atoms with van der Waals surface area (Å²) in [6.45, 7) is 0. The first kappa shape index (κ1) is 19.8. The summed E-state index contributed by atoms with van der Waals surface area (Å²) in [5, 5.41) is 20.0. The Morgan fingerprint density at radius 2 is 1.72 bits per heavy atom. The number of pyridine rings is 1. The molecule has 3 aromatic rings. The van der Waals surface area contributed by atoms with Crippen LogP contribution in [0.2, 0.25) is 0 Å². The lowest BCUT2D eigenvalue weighted by atomic mass is 10.0. The van der Waals surface area contributed by atoms with Crippen molar-refractivity contribution in [3.63, 3.8) is 0 Å². The Morgan fingerprint density at radius 3 is 2.41 bits per heavy atom. The molecule has 0 atom stereocenters. The van der Waals surface area contributed by atoms with Crippen molar-refractivity contribution in [2.75, 3.05) is 5.32 Å². The number of anilines is 1. The highest BCUT2D eigenvalue weighted by molar-refractivity contribution is 6.14. The monoisotopic (exact) mass is 383 g/mol. The van der Waals surface area contributed by atoms with Gasteiger partial charge in [-0.25, -0.2) is 0 Å². The van der Waals surface area contributed by atoms with Gasteiger partial charge in [0.15, 0.2) is 0 Å². The van der Waals surface area contributed by atoms with E-state index in [1.165, 1.54) is 11.6 Å². The Labute approximate surface area is 169 Å². The van der Waals surface area contributed by atoms with Gasteiger partial charge in [0.1, 0.15) is 0 Å². The van der Waals surface area contributed by atoms with Gasteiger partial charge in [0.2, 0.25) is 0 Å². The number of carbonyl (C=O) groups excluding carboxylic acids is 1. The van der Waals surface area contributed by atoms with Gasteiger partial charge in [-0.3, -0.25) is 9.78 Å². The SMILES string of the molecule is N=CC(=CC(=CO)C(=O)Nc1cccc(Cc2ccccc2)c1)c1ccncc1. The van der Waals surface area contributed by atoms with Crippen LogP contribution in [0.25, 0.3) is 5.57 Å². The molecular weight excluding hydrogens is 362 g/mol. The largest absolute Gasteiger partial charge is 0.515 e. The van der Waals surface area contributed by atoms with Gasteiger partial charge in [-0.05, 0) is 53.5 Å². The minimum absolute atomic E-state index is 0.0498. The average molecular weight is 383 g/mol. The second-order valence-corrected chi connectivity index (χ2v) is 6.38. The van der Waals surface area contributed by atoms with E-state index in [2.05, 4.69) is 22.4 Å². The summed E-state index contributed by atoms with van der Waals surface area (Å²) >= 11 is 0. The molecule has 29 heavy (non-hydrogen) atoms. The van der Waals surface area contributed by atoms with Crippen molar-refractivity contribution in [1.82, 2.24) is 4.98 Å². The van der Waals surface area contributed by atoms with Gasteiger partial charge < -0.3 is 15.8 Å². The summed E-state index contributed by atoms with van der Waals surface area (Å²) in [5.41, 5.74) is 4.15. The highest BCUT2D eigenvalue weighted by atomic mass is 16.2. The van der Waals surface area contributed by atoms with Crippen molar-refractivity contribution in [2.24, 2.45) is 0 Å². The van der Waals surface area contributed by atoms with E-state index in [9.17, 15) is 9.90 Å². The van der Waals surface area contributed by atoms with E-state index in [1.54, 1.807) is 30.6 Å². The number of rotatable bonds is 7. The first-order chi connectivity index (χ1) is 14.2. The molecule has 0 radical (unpaired) electrons. The number of aliphatic hydroxyl groups excluding tert-OH is 1. The van der Waals surface area contributed by atoms with Crippen molar-refractivity contribution in [3.8, 4) is 0 Å². The number of amides is 1. The van der Waals surface area contributed by atoms with Gasteiger partial charge in [0, 0.05) is 29.9 Å². The van der Waals surface area contributed by atoms with E-state index in [-0.39, 0.29) is 5.57 Å². The van der Waals surface area contributed by atoms with Crippen LogP contribution < -0.4 is 5.32 Å². The highest BCUT2D eigenvalue weighted by Gasteiger charge is 2.10. The molecule has 0 saturated carbocycles. The van der Waals surface area contributed by atoms with E-state index in [4.69, 9.17) is 5.41 Å². The van der Waals surface area contributed by atoms with Crippen LogP contribution in [0.1, 0.15) is 16.7 Å². The lowest BCUT2D eigenvalue weighted by molar-refractivity contribution is -0.112. The van der Waals surface area contributed by atoms with Crippen molar-refractivity contribution in [2.45, 2.75) is 6.42 Å². The quantitative estimate of drug-likeness (QED) is 0.237. The molecule has 0 aliphatic rings. The molecule has 0 saturated heterocycles. The molecule has 5 heteroatoms. The summed E-state index contributed by atoms with van der Waals surface area (Å²) in [6.07, 6.45) is 7.31. The maximum absolute atomic E-state index is 12.6. The summed E-state index contributed by atoms with van der Waals surface area (Å²) in [4.78, 5) is 16.6. The minimum Gasteiger partial charge on any atom is -0.515 e. The zero-order valence-corrected chi connectivity index (χ0v) is 15.7. The van der Waals surface area contributed by atoms with Crippen LogP contribution in [0.15, 0.2) is 97.0 Å². The molecule has 1 heterocycles. The molecule has 144 valence electrons. The Morgan fingerprint density at radius 1 is 1.00 bits per heavy atom. The zero-order chi connectivity index (χ0) is 20.5. The molecule has 3 N–H and O–H groups in total. The van der Waals surface area contributed by atoms with Crippen molar-refractivity contribution in [1.29, 1.82) is 5.41 Å². The lowest BCUT2D eigenvalue weighted by Crippen LogP contribution is -2.14. The van der Waals surface area contributed by atoms with Crippen molar-refractivity contribution < 1.29 is 9.90 Å². The molecule has 1 aromatic heterocycles. The Balaban J connectivity index is 1.75. The summed E-state index contributed by atoms with van der Waals surface area (Å²) in [6, 6.07) is 21.1. The van der Waals surface area contributed by atoms with Gasteiger partial charge in [0.25, 0.3) is 5.91 Å². The zero-order valence-electron chi connectivity index (χ0n) is 15.7. The van der Waals surface area contributed by atoms with Gasteiger partial charge in [-0.1, -0.05) is 42.5 Å². The first-order valence-electron chi connectivity index (χ1n) is 9.11. The number of aromatic nitrogens is 1. The molecule has 0 unspecified atom stereocenters. The number of aliphatic hydroxyl groups is 1. The molecule has 2 aromatic carbocycles. The third-order valence-electron chi connectivity index (χ3n) is 4.32. The maximum atomic E-state index is 12.6. The average Bonchev–Trinajstić information content (AvgIpc) is 2.76. The maximum Gasteiger partial charge on any atom is 0.258 e. The van der Waals surface area contributed by atoms with Crippen LogP contribution in [0.3, 0.4) is 0 Å². The normalized spacial score (nSPS) is 11.7. The Bertz CT molecular complexity index is 1040. The van der Waals surface area contributed by atoms with E-state index < -0.39 is 5.91 Å². The Hall–Kier alpha value is -3.99. The van der Waals surface area contributed by atoms with Gasteiger partial charge in [0.05, 0.1) is 11.8 Å². The minimum atomic E-state index is -0.460. The van der Waals surface area contributed by atoms with E-state index >= 15 is 0 Å². The number of hydrogen-bond donors (Lipinski definition) is 3. The first-order valence-corrected chi connectivity index (χ1v) is 9.11. The van der Waals surface area contributed by atoms with E-state index in [0.717, 1.165) is 30.0 Å². The van der Waals surface area contributed by atoms with Crippen LogP contribution in [-0.4, -0.2) is 22.2 Å². The van der Waals surface area contributed by atoms with Gasteiger partial charge in [-0.2, -0.15) is 0 Å². The number of benzene rings is 2. The smallest absolute Gasteiger partial charge is 0.258 e. The van der Waals surface area contributed by atoms with Gasteiger partial charge >= 0.3 is 0 Å². The van der Waals surface area contributed by atoms with Crippen molar-refractivity contribution in [3.05, 3.63) is 114 Å². The molecule has 1 amide bonds. The third kappa shape index (κ3) is 5.49. The lowest BCUT2D eigenvalue weighted by Gasteiger charge is -2.09. The molecule has 0 spiro atoms. The fraction of sp³-hybridized carbons (Fsp3) is 0.0417. The second-order valence-electron chi connectivity index (χ2n) is 6.38. The van der Waals surface area contributed by atoms with Crippen LogP contribution in [0.5, 0.6) is 0 Å². The number of allylic oxidation sites excluding steroid dienone is 1. The predicted molar refractivity (Wildman–Crippen MR) is 116 cm³/mol. The third-order valence-corrected chi connectivity index (χ3v) is 4.32. The topological polar surface area (TPSA) is 86.1 Å². The molecular formula is C24H21N3O2. The van der Waals surface area contributed by atoms with Crippen LogP contribution in [-0.2, 0) is 11.2 Å². The van der Waals surface area contributed by atoms with Crippen LogP contribution >= 0.6 is 0 Å². The van der Waals surface area contributed by atoms with Crippen molar-refractivity contribution >= 4 is 23.4 Å². The molecule has 5 nitrogen and oxygen atoms in total. The number of nitrogens with one attached hydrogen (secondary N) is 2. The van der Waals surface area contributed by atoms with Crippen LogP contribution in [0, 0.1) is 5.41 Å².